The Morgan fingerprint density at radius 1 is 1.44 bits per heavy atom. The summed E-state index contributed by atoms with van der Waals surface area (Å²) in [6, 6.07) is 1.84. The topological polar surface area (TPSA) is 49.0 Å². The number of carbonyl (C=O) groups excluding carboxylic acids is 1. The lowest BCUT2D eigenvalue weighted by Crippen LogP contribution is -2.32. The fraction of sp³-hybridized carbons (Fsp3) is 0.667. The van der Waals surface area contributed by atoms with E-state index in [2.05, 4.69) is 17.1 Å². The average Bonchev–Trinajstić information content (AvgIpc) is 2.78. The molecule has 1 aromatic heterocycles. The van der Waals surface area contributed by atoms with E-state index in [9.17, 15) is 4.79 Å². The van der Waals surface area contributed by atoms with Gasteiger partial charge in [0.05, 0.1) is 0 Å². The fourth-order valence-corrected chi connectivity index (χ4v) is 1.57. The van der Waals surface area contributed by atoms with Crippen molar-refractivity contribution in [3.8, 4) is 0 Å². The van der Waals surface area contributed by atoms with Gasteiger partial charge in [-0.3, -0.25) is 9.89 Å². The summed E-state index contributed by atoms with van der Waals surface area (Å²) >= 11 is 0. The number of aromatic nitrogens is 2. The van der Waals surface area contributed by atoms with Gasteiger partial charge in [-0.15, -0.1) is 0 Å². The van der Waals surface area contributed by atoms with Gasteiger partial charge in [0.2, 0.25) is 0 Å². The summed E-state index contributed by atoms with van der Waals surface area (Å²) in [5.74, 6) is 0.0342. The number of nitrogens with one attached hydrogen (secondary N) is 1. The van der Waals surface area contributed by atoms with Crippen LogP contribution >= 0.6 is 0 Å². The van der Waals surface area contributed by atoms with Crippen LogP contribution in [0.2, 0.25) is 0 Å². The van der Waals surface area contributed by atoms with E-state index in [4.69, 9.17) is 0 Å². The molecule has 0 saturated carbocycles. The van der Waals surface area contributed by atoms with E-state index < -0.39 is 0 Å². The SMILES string of the molecule is CCCCN(CC)C(=O)c1cc(CC)[nH]n1. The first-order chi connectivity index (χ1) is 7.72. The third-order valence-corrected chi connectivity index (χ3v) is 2.68. The monoisotopic (exact) mass is 223 g/mol. The lowest BCUT2D eigenvalue weighted by molar-refractivity contribution is 0.0756. The highest BCUT2D eigenvalue weighted by Gasteiger charge is 2.16. The van der Waals surface area contributed by atoms with Crippen LogP contribution in [0.4, 0.5) is 0 Å². The molecule has 0 aliphatic carbocycles. The smallest absolute Gasteiger partial charge is 0.274 e. The van der Waals surface area contributed by atoms with E-state index in [0.29, 0.717) is 5.69 Å². The van der Waals surface area contributed by atoms with E-state index in [1.54, 1.807) is 0 Å². The molecule has 1 N–H and O–H groups in total. The molecule has 1 aromatic rings. The molecule has 0 aliphatic heterocycles. The molecule has 0 spiro atoms. The second kappa shape index (κ2) is 6.30. The van der Waals surface area contributed by atoms with Gasteiger partial charge in [-0.05, 0) is 25.8 Å². The molecule has 1 heterocycles. The number of carbonyl (C=O) groups is 1. The minimum absolute atomic E-state index is 0.0342. The maximum absolute atomic E-state index is 12.1. The Kier molecular flexibility index (Phi) is 5.02. The van der Waals surface area contributed by atoms with Crippen LogP contribution in [0.15, 0.2) is 6.07 Å². The van der Waals surface area contributed by atoms with Crippen molar-refractivity contribution in [3.63, 3.8) is 0 Å². The van der Waals surface area contributed by atoms with Crippen LogP contribution < -0.4 is 0 Å². The summed E-state index contributed by atoms with van der Waals surface area (Å²) in [6.07, 6.45) is 3.02. The van der Waals surface area contributed by atoms with Crippen LogP contribution in [0.1, 0.15) is 49.8 Å². The second-order valence-electron chi connectivity index (χ2n) is 3.87. The van der Waals surface area contributed by atoms with Crippen molar-refractivity contribution in [2.24, 2.45) is 0 Å². The minimum Gasteiger partial charge on any atom is -0.338 e. The Bertz CT molecular complexity index is 333. The van der Waals surface area contributed by atoms with Gasteiger partial charge in [-0.1, -0.05) is 20.3 Å². The van der Waals surface area contributed by atoms with Crippen LogP contribution in [-0.4, -0.2) is 34.1 Å². The number of aryl methyl sites for hydroxylation is 1. The highest BCUT2D eigenvalue weighted by Crippen LogP contribution is 2.06. The Labute approximate surface area is 97.0 Å². The molecule has 0 bridgehead atoms. The number of hydrogen-bond acceptors (Lipinski definition) is 2. The lowest BCUT2D eigenvalue weighted by atomic mass is 10.2. The number of nitrogens with zero attached hydrogens (tertiary/aromatic N) is 2. The number of aromatic amines is 1. The van der Waals surface area contributed by atoms with Crippen molar-refractivity contribution >= 4 is 5.91 Å². The highest BCUT2D eigenvalue weighted by atomic mass is 16.2. The Hall–Kier alpha value is -1.32. The van der Waals surface area contributed by atoms with Gasteiger partial charge in [-0.2, -0.15) is 5.10 Å². The van der Waals surface area contributed by atoms with Gasteiger partial charge in [0, 0.05) is 18.8 Å². The average molecular weight is 223 g/mol. The third-order valence-electron chi connectivity index (χ3n) is 2.68. The molecule has 0 atom stereocenters. The van der Waals surface area contributed by atoms with Gasteiger partial charge in [-0.25, -0.2) is 0 Å². The van der Waals surface area contributed by atoms with Crippen LogP contribution in [0.5, 0.6) is 0 Å². The summed E-state index contributed by atoms with van der Waals surface area (Å²) in [6.45, 7) is 7.73. The molecular formula is C12H21N3O. The zero-order chi connectivity index (χ0) is 12.0. The first-order valence-corrected chi connectivity index (χ1v) is 6.06. The summed E-state index contributed by atoms with van der Waals surface area (Å²) in [5.41, 5.74) is 1.55. The van der Waals surface area contributed by atoms with Gasteiger partial charge in [0.1, 0.15) is 5.69 Å². The van der Waals surface area contributed by atoms with Crippen LogP contribution in [0.25, 0.3) is 0 Å². The van der Waals surface area contributed by atoms with Crippen molar-refractivity contribution in [3.05, 3.63) is 17.5 Å². The molecule has 90 valence electrons. The van der Waals surface area contributed by atoms with Crippen LogP contribution in [0.3, 0.4) is 0 Å². The predicted octanol–water partition coefficient (Wildman–Crippen LogP) is 2.23. The summed E-state index contributed by atoms with van der Waals surface area (Å²) in [4.78, 5) is 13.9. The molecule has 0 radical (unpaired) electrons. The summed E-state index contributed by atoms with van der Waals surface area (Å²) in [5, 5.41) is 6.92. The standard InChI is InChI=1S/C12H21N3O/c1-4-7-8-15(6-3)12(16)11-9-10(5-2)13-14-11/h9H,4-8H2,1-3H3,(H,13,14). The summed E-state index contributed by atoms with van der Waals surface area (Å²) in [7, 11) is 0. The third kappa shape index (κ3) is 3.08. The molecule has 4 nitrogen and oxygen atoms in total. The number of amides is 1. The van der Waals surface area contributed by atoms with Gasteiger partial charge < -0.3 is 4.90 Å². The zero-order valence-electron chi connectivity index (χ0n) is 10.4. The fourth-order valence-electron chi connectivity index (χ4n) is 1.57. The van der Waals surface area contributed by atoms with Gasteiger partial charge >= 0.3 is 0 Å². The molecule has 0 unspecified atom stereocenters. The minimum atomic E-state index is 0.0342. The summed E-state index contributed by atoms with van der Waals surface area (Å²) < 4.78 is 0. The van der Waals surface area contributed by atoms with E-state index >= 15 is 0 Å². The Morgan fingerprint density at radius 2 is 2.19 bits per heavy atom. The largest absolute Gasteiger partial charge is 0.338 e. The predicted molar refractivity (Wildman–Crippen MR) is 64.5 cm³/mol. The maximum atomic E-state index is 12.1. The maximum Gasteiger partial charge on any atom is 0.274 e. The number of H-pyrrole nitrogens is 1. The number of hydrogen-bond donors (Lipinski definition) is 1. The molecule has 0 saturated heterocycles. The first kappa shape index (κ1) is 12.7. The van der Waals surface area contributed by atoms with Crippen LogP contribution in [-0.2, 0) is 6.42 Å². The molecule has 4 heteroatoms. The molecular weight excluding hydrogens is 202 g/mol. The van der Waals surface area contributed by atoms with Crippen molar-refractivity contribution in [2.75, 3.05) is 13.1 Å². The lowest BCUT2D eigenvalue weighted by Gasteiger charge is -2.19. The van der Waals surface area contributed by atoms with Crippen molar-refractivity contribution in [1.82, 2.24) is 15.1 Å². The molecule has 16 heavy (non-hydrogen) atoms. The van der Waals surface area contributed by atoms with E-state index in [0.717, 1.165) is 38.0 Å². The number of rotatable bonds is 6. The zero-order valence-corrected chi connectivity index (χ0v) is 10.4. The molecule has 1 rings (SSSR count). The molecule has 0 aromatic carbocycles. The van der Waals surface area contributed by atoms with E-state index in [1.807, 2.05) is 24.8 Å². The number of unbranched alkanes of at least 4 members (excludes halogenated alkanes) is 1. The van der Waals surface area contributed by atoms with Crippen molar-refractivity contribution in [2.45, 2.75) is 40.0 Å². The van der Waals surface area contributed by atoms with E-state index in [1.165, 1.54) is 0 Å². The first-order valence-electron chi connectivity index (χ1n) is 6.06. The Morgan fingerprint density at radius 3 is 2.69 bits per heavy atom. The normalized spacial score (nSPS) is 10.4. The molecule has 0 fully saturated rings. The quantitative estimate of drug-likeness (QED) is 0.804. The van der Waals surface area contributed by atoms with Crippen molar-refractivity contribution < 1.29 is 4.79 Å². The van der Waals surface area contributed by atoms with E-state index in [-0.39, 0.29) is 5.91 Å². The Balaban J connectivity index is 2.66. The second-order valence-corrected chi connectivity index (χ2v) is 3.87. The molecule has 1 amide bonds. The van der Waals surface area contributed by atoms with Crippen LogP contribution in [0, 0.1) is 0 Å². The molecule has 0 aliphatic rings. The van der Waals surface area contributed by atoms with Gasteiger partial charge in [0.25, 0.3) is 5.91 Å². The highest BCUT2D eigenvalue weighted by molar-refractivity contribution is 5.92. The van der Waals surface area contributed by atoms with Crippen molar-refractivity contribution in [1.29, 1.82) is 0 Å². The van der Waals surface area contributed by atoms with Gasteiger partial charge in [0.15, 0.2) is 0 Å².